The molecular weight excluding hydrogens is 320 g/mol. The number of nitrogens with zero attached hydrogens (tertiary/aromatic N) is 1. The summed E-state index contributed by atoms with van der Waals surface area (Å²) in [7, 11) is 1.99. The Morgan fingerprint density at radius 1 is 1.00 bits per heavy atom. The van der Waals surface area contributed by atoms with Crippen LogP contribution in [0.5, 0.6) is 0 Å². The largest absolute Gasteiger partial charge is 0.324 e. The molecule has 1 N–H and O–H groups in total. The first kappa shape index (κ1) is 18.2. The third-order valence-corrected chi connectivity index (χ3v) is 4.93. The summed E-state index contributed by atoms with van der Waals surface area (Å²) in [5, 5.41) is 5.52. The molecule has 0 saturated carbocycles. The second kappa shape index (κ2) is 7.71. The lowest BCUT2D eigenvalue weighted by Crippen LogP contribution is -2.39. The number of fused-ring (bicyclic) bond motifs is 1. The van der Waals surface area contributed by atoms with Crippen LogP contribution in [0.4, 0.5) is 5.69 Å². The Balaban J connectivity index is 1.67. The Morgan fingerprint density at radius 3 is 2.46 bits per heavy atom. The summed E-state index contributed by atoms with van der Waals surface area (Å²) in [6.07, 6.45) is 0. The van der Waals surface area contributed by atoms with Crippen molar-refractivity contribution in [2.75, 3.05) is 12.4 Å². The molecule has 1 amide bonds. The number of rotatable bonds is 5. The van der Waals surface area contributed by atoms with Crippen molar-refractivity contribution in [2.45, 2.75) is 33.4 Å². The topological polar surface area (TPSA) is 32.3 Å². The van der Waals surface area contributed by atoms with Crippen LogP contribution < -0.4 is 5.32 Å². The van der Waals surface area contributed by atoms with Gasteiger partial charge in [-0.15, -0.1) is 0 Å². The number of likely N-dealkylation sites (N-methyl/N-ethyl adjacent to an activating group) is 1. The van der Waals surface area contributed by atoms with Gasteiger partial charge in [0.05, 0.1) is 6.04 Å². The fourth-order valence-electron chi connectivity index (χ4n) is 3.15. The SMILES string of the molecule is Cc1ccc(NC(=O)[C@@H](C)N(C)Cc2ccc3ccccc3c2)c(C)c1. The van der Waals surface area contributed by atoms with Crippen LogP contribution in [0.25, 0.3) is 10.8 Å². The van der Waals surface area contributed by atoms with Gasteiger partial charge in [0, 0.05) is 12.2 Å². The van der Waals surface area contributed by atoms with Gasteiger partial charge >= 0.3 is 0 Å². The molecule has 0 aliphatic rings. The van der Waals surface area contributed by atoms with Crippen molar-refractivity contribution in [3.8, 4) is 0 Å². The lowest BCUT2D eigenvalue weighted by atomic mass is 10.1. The van der Waals surface area contributed by atoms with Gasteiger partial charge in [-0.25, -0.2) is 0 Å². The molecule has 0 heterocycles. The third kappa shape index (κ3) is 4.12. The monoisotopic (exact) mass is 346 g/mol. The molecule has 0 aliphatic heterocycles. The molecule has 3 rings (SSSR count). The zero-order chi connectivity index (χ0) is 18.7. The Morgan fingerprint density at radius 2 is 1.73 bits per heavy atom. The Hall–Kier alpha value is -2.65. The van der Waals surface area contributed by atoms with Crippen LogP contribution in [0.3, 0.4) is 0 Å². The highest BCUT2D eigenvalue weighted by Crippen LogP contribution is 2.19. The summed E-state index contributed by atoms with van der Waals surface area (Å²) in [6.45, 7) is 6.75. The molecule has 0 aromatic heterocycles. The number of hydrogen-bond acceptors (Lipinski definition) is 2. The summed E-state index contributed by atoms with van der Waals surface area (Å²) in [5.41, 5.74) is 4.37. The maximum absolute atomic E-state index is 12.6. The Labute approximate surface area is 155 Å². The third-order valence-electron chi connectivity index (χ3n) is 4.93. The highest BCUT2D eigenvalue weighted by Gasteiger charge is 2.19. The number of nitrogens with one attached hydrogen (secondary N) is 1. The van der Waals surface area contributed by atoms with Crippen molar-refractivity contribution in [2.24, 2.45) is 0 Å². The summed E-state index contributed by atoms with van der Waals surface area (Å²) >= 11 is 0. The van der Waals surface area contributed by atoms with Gasteiger partial charge in [-0.2, -0.15) is 0 Å². The van der Waals surface area contributed by atoms with E-state index in [1.54, 1.807) is 0 Å². The fourth-order valence-corrected chi connectivity index (χ4v) is 3.15. The normalized spacial score (nSPS) is 12.3. The second-order valence-electron chi connectivity index (χ2n) is 7.08. The molecule has 0 bridgehead atoms. The van der Waals surface area contributed by atoms with Crippen LogP contribution in [0, 0.1) is 13.8 Å². The predicted molar refractivity (Wildman–Crippen MR) is 109 cm³/mol. The van der Waals surface area contributed by atoms with Crippen LogP contribution in [0.1, 0.15) is 23.6 Å². The summed E-state index contributed by atoms with van der Waals surface area (Å²) in [4.78, 5) is 14.7. The van der Waals surface area contributed by atoms with Gasteiger partial charge in [-0.1, -0.05) is 54.1 Å². The first-order valence-corrected chi connectivity index (χ1v) is 9.00. The molecule has 0 unspecified atom stereocenters. The van der Waals surface area contributed by atoms with Gasteiger partial charge in [0.1, 0.15) is 0 Å². The van der Waals surface area contributed by atoms with Crippen molar-refractivity contribution >= 4 is 22.4 Å². The number of carbonyl (C=O) groups is 1. The van der Waals surface area contributed by atoms with Crippen molar-refractivity contribution in [3.05, 3.63) is 77.4 Å². The molecule has 0 spiro atoms. The molecule has 0 radical (unpaired) electrons. The van der Waals surface area contributed by atoms with Gasteiger partial charge in [0.25, 0.3) is 0 Å². The molecule has 3 aromatic rings. The van der Waals surface area contributed by atoms with Gasteiger partial charge in [-0.05, 0) is 61.9 Å². The maximum atomic E-state index is 12.6. The van der Waals surface area contributed by atoms with Crippen molar-refractivity contribution < 1.29 is 4.79 Å². The van der Waals surface area contributed by atoms with E-state index in [9.17, 15) is 4.79 Å². The van der Waals surface area contributed by atoms with Crippen LogP contribution in [0.15, 0.2) is 60.7 Å². The molecule has 1 atom stereocenters. The van der Waals surface area contributed by atoms with Gasteiger partial charge in [-0.3, -0.25) is 9.69 Å². The number of amides is 1. The number of aryl methyl sites for hydroxylation is 2. The van der Waals surface area contributed by atoms with Crippen molar-refractivity contribution in [3.63, 3.8) is 0 Å². The summed E-state index contributed by atoms with van der Waals surface area (Å²) < 4.78 is 0. The smallest absolute Gasteiger partial charge is 0.241 e. The molecule has 3 nitrogen and oxygen atoms in total. The van der Waals surface area contributed by atoms with E-state index in [0.717, 1.165) is 17.8 Å². The number of carbonyl (C=O) groups excluding carboxylic acids is 1. The lowest BCUT2D eigenvalue weighted by Gasteiger charge is -2.24. The Bertz CT molecular complexity index is 932. The zero-order valence-electron chi connectivity index (χ0n) is 15.9. The molecule has 3 aromatic carbocycles. The summed E-state index contributed by atoms with van der Waals surface area (Å²) in [5.74, 6) is 0.0141. The van der Waals surface area contributed by atoms with Gasteiger partial charge in [0.15, 0.2) is 0 Å². The predicted octanol–water partition coefficient (Wildman–Crippen LogP) is 4.92. The van der Waals surface area contributed by atoms with E-state index in [2.05, 4.69) is 59.6 Å². The number of hydrogen-bond donors (Lipinski definition) is 1. The van der Waals surface area contributed by atoms with E-state index < -0.39 is 0 Å². The van der Waals surface area contributed by atoms with Crippen LogP contribution in [-0.4, -0.2) is 23.9 Å². The van der Waals surface area contributed by atoms with E-state index >= 15 is 0 Å². The minimum Gasteiger partial charge on any atom is -0.324 e. The quantitative estimate of drug-likeness (QED) is 0.711. The van der Waals surface area contributed by atoms with Crippen LogP contribution in [-0.2, 0) is 11.3 Å². The van der Waals surface area contributed by atoms with E-state index in [0.29, 0.717) is 0 Å². The minimum absolute atomic E-state index is 0.0141. The Kier molecular flexibility index (Phi) is 5.38. The van der Waals surface area contributed by atoms with E-state index in [-0.39, 0.29) is 11.9 Å². The second-order valence-corrected chi connectivity index (χ2v) is 7.08. The zero-order valence-corrected chi connectivity index (χ0v) is 15.9. The van der Waals surface area contributed by atoms with Crippen molar-refractivity contribution in [1.29, 1.82) is 0 Å². The van der Waals surface area contributed by atoms with Crippen molar-refractivity contribution in [1.82, 2.24) is 4.90 Å². The molecule has 0 saturated heterocycles. The minimum atomic E-state index is -0.220. The molecule has 3 heteroatoms. The molecule has 26 heavy (non-hydrogen) atoms. The fraction of sp³-hybridized carbons (Fsp3) is 0.261. The summed E-state index contributed by atoms with van der Waals surface area (Å²) in [6, 6.07) is 20.7. The maximum Gasteiger partial charge on any atom is 0.241 e. The molecule has 0 fully saturated rings. The van der Waals surface area contributed by atoms with Gasteiger partial charge in [0.2, 0.25) is 5.91 Å². The number of benzene rings is 3. The first-order chi connectivity index (χ1) is 12.4. The lowest BCUT2D eigenvalue weighted by molar-refractivity contribution is -0.120. The number of anilines is 1. The molecular formula is C23H26N2O. The van der Waals surface area contributed by atoms with E-state index in [1.165, 1.54) is 21.9 Å². The van der Waals surface area contributed by atoms with E-state index in [1.807, 2.05) is 39.1 Å². The van der Waals surface area contributed by atoms with Crippen LogP contribution in [0.2, 0.25) is 0 Å². The highest BCUT2D eigenvalue weighted by atomic mass is 16.2. The highest BCUT2D eigenvalue weighted by molar-refractivity contribution is 5.95. The van der Waals surface area contributed by atoms with E-state index in [4.69, 9.17) is 0 Å². The molecule has 0 aliphatic carbocycles. The van der Waals surface area contributed by atoms with Gasteiger partial charge < -0.3 is 5.32 Å². The molecule has 134 valence electrons. The average Bonchev–Trinajstić information content (AvgIpc) is 2.63. The average molecular weight is 346 g/mol. The van der Waals surface area contributed by atoms with Crippen LogP contribution >= 0.6 is 0 Å². The first-order valence-electron chi connectivity index (χ1n) is 9.00. The standard InChI is InChI=1S/C23H26N2O/c1-16-9-12-22(17(2)13-16)24-23(26)18(3)25(4)15-19-10-11-20-7-5-6-8-21(20)14-19/h5-14,18H,15H2,1-4H3,(H,24,26)/t18-/m1/s1.